The molecule has 0 spiro atoms. The van der Waals surface area contributed by atoms with E-state index in [1.807, 2.05) is 43.3 Å². The largest absolute Gasteiger partial charge is 0.344 e. The van der Waals surface area contributed by atoms with E-state index in [0.29, 0.717) is 11.6 Å². The van der Waals surface area contributed by atoms with Crippen LogP contribution in [0.4, 0.5) is 11.4 Å². The molecule has 1 unspecified atom stereocenters. The van der Waals surface area contributed by atoms with Gasteiger partial charge in [0.15, 0.2) is 0 Å². The lowest BCUT2D eigenvalue weighted by atomic mass is 10.1. The molecule has 0 aromatic heterocycles. The monoisotopic (exact) mass is 265 g/mol. The van der Waals surface area contributed by atoms with Crippen LogP contribution in [0.5, 0.6) is 0 Å². The van der Waals surface area contributed by atoms with E-state index in [2.05, 4.69) is 42.6 Å². The first kappa shape index (κ1) is 14.1. The van der Waals surface area contributed by atoms with Gasteiger partial charge >= 0.3 is 0 Å². The molecular weight excluding hydrogens is 246 g/mol. The normalized spacial score (nSPS) is 11.7. The molecule has 0 saturated carbocycles. The Bertz CT molecular complexity index is 611. The highest BCUT2D eigenvalue weighted by Crippen LogP contribution is 2.27. The van der Waals surface area contributed by atoms with E-state index in [4.69, 9.17) is 0 Å². The molecule has 0 aliphatic rings. The maximum atomic E-state index is 9.18. The molecule has 2 aromatic carbocycles. The molecule has 2 aromatic rings. The summed E-state index contributed by atoms with van der Waals surface area (Å²) in [6.07, 6.45) is 0. The van der Waals surface area contributed by atoms with Crippen molar-refractivity contribution in [3.05, 3.63) is 59.7 Å². The molecule has 20 heavy (non-hydrogen) atoms. The highest BCUT2D eigenvalue weighted by Gasteiger charge is 2.09. The summed E-state index contributed by atoms with van der Waals surface area (Å²) in [5, 5.41) is 12.4. The number of hydrogen-bond donors (Lipinski definition) is 1. The zero-order chi connectivity index (χ0) is 14.5. The fraction of sp³-hybridized carbons (Fsp3) is 0.235. The molecule has 3 nitrogen and oxygen atoms in total. The second kappa shape index (κ2) is 6.23. The quantitative estimate of drug-likeness (QED) is 0.918. The molecule has 1 N–H and O–H groups in total. The average molecular weight is 265 g/mol. The van der Waals surface area contributed by atoms with Crippen LogP contribution in [0, 0.1) is 11.3 Å². The predicted molar refractivity (Wildman–Crippen MR) is 83.1 cm³/mol. The third kappa shape index (κ3) is 2.81. The minimum absolute atomic E-state index is 0.334. The maximum absolute atomic E-state index is 9.18. The molecule has 3 heteroatoms. The van der Waals surface area contributed by atoms with Crippen LogP contribution in [0.25, 0.3) is 0 Å². The van der Waals surface area contributed by atoms with Gasteiger partial charge in [-0.25, -0.2) is 0 Å². The summed E-state index contributed by atoms with van der Waals surface area (Å²) < 4.78 is 0. The van der Waals surface area contributed by atoms with Gasteiger partial charge in [-0.3, -0.25) is 0 Å². The van der Waals surface area contributed by atoms with Gasteiger partial charge in [0.25, 0.3) is 0 Å². The summed E-state index contributed by atoms with van der Waals surface area (Å²) in [5.41, 5.74) is 3.92. The van der Waals surface area contributed by atoms with Crippen molar-refractivity contribution in [2.45, 2.75) is 13.0 Å². The van der Waals surface area contributed by atoms with Crippen LogP contribution in [0.15, 0.2) is 48.5 Å². The van der Waals surface area contributed by atoms with Crippen LogP contribution in [-0.4, -0.2) is 14.1 Å². The Hall–Kier alpha value is -2.31. The van der Waals surface area contributed by atoms with Crippen LogP contribution in [0.3, 0.4) is 0 Å². The molecule has 0 aliphatic heterocycles. The molecule has 0 fully saturated rings. The van der Waals surface area contributed by atoms with Gasteiger partial charge in [0.05, 0.1) is 11.3 Å². The van der Waals surface area contributed by atoms with Crippen molar-refractivity contribution < 1.29 is 0 Å². The highest BCUT2D eigenvalue weighted by atomic mass is 15.1. The van der Waals surface area contributed by atoms with Gasteiger partial charge in [0, 0.05) is 18.8 Å². The number of rotatable bonds is 4. The molecule has 0 amide bonds. The second-order valence-corrected chi connectivity index (χ2v) is 4.79. The number of nitriles is 1. The molecule has 0 bridgehead atoms. The first-order valence-corrected chi connectivity index (χ1v) is 6.67. The van der Waals surface area contributed by atoms with Crippen molar-refractivity contribution in [3.8, 4) is 6.07 Å². The number of anilines is 2. The minimum atomic E-state index is 0.334. The summed E-state index contributed by atoms with van der Waals surface area (Å²) >= 11 is 0. The highest BCUT2D eigenvalue weighted by molar-refractivity contribution is 5.68. The van der Waals surface area contributed by atoms with Gasteiger partial charge in [-0.1, -0.05) is 24.3 Å². The number of hydrogen-bond acceptors (Lipinski definition) is 3. The van der Waals surface area contributed by atoms with E-state index < -0.39 is 0 Å². The third-order valence-electron chi connectivity index (χ3n) is 3.60. The van der Waals surface area contributed by atoms with Crippen molar-refractivity contribution >= 4 is 11.4 Å². The maximum Gasteiger partial charge on any atom is 0.101 e. The summed E-state index contributed by atoms with van der Waals surface area (Å²) in [5.74, 6) is 0. The Balaban J connectivity index is 2.30. The van der Waals surface area contributed by atoms with E-state index in [1.165, 1.54) is 5.56 Å². The Morgan fingerprint density at radius 1 is 1.10 bits per heavy atom. The number of para-hydroxylation sites is 1. The van der Waals surface area contributed by atoms with E-state index >= 15 is 0 Å². The molecule has 0 saturated heterocycles. The van der Waals surface area contributed by atoms with Gasteiger partial charge < -0.3 is 10.2 Å². The summed E-state index contributed by atoms with van der Waals surface area (Å²) in [6, 6.07) is 18.6. The van der Waals surface area contributed by atoms with Crippen molar-refractivity contribution in [2.75, 3.05) is 19.0 Å². The zero-order valence-corrected chi connectivity index (χ0v) is 12.1. The number of nitrogens with zero attached hydrogens (tertiary/aromatic N) is 2. The standard InChI is InChI=1S/C17H19N3/c1-13(19-2)14-8-10-16(11-9-14)20(3)17-7-5-4-6-15(17)12-18/h4-11,13,19H,1-3H3. The fourth-order valence-corrected chi connectivity index (χ4v) is 2.15. The summed E-state index contributed by atoms with van der Waals surface area (Å²) in [4.78, 5) is 2.03. The SMILES string of the molecule is CNC(C)c1ccc(N(C)c2ccccc2C#N)cc1. The van der Waals surface area contributed by atoms with E-state index in [9.17, 15) is 5.26 Å². The Morgan fingerprint density at radius 2 is 1.75 bits per heavy atom. The van der Waals surface area contributed by atoms with E-state index in [-0.39, 0.29) is 0 Å². The molecule has 1 atom stereocenters. The number of benzene rings is 2. The topological polar surface area (TPSA) is 39.1 Å². The van der Waals surface area contributed by atoms with Gasteiger partial charge in [-0.05, 0) is 43.8 Å². The van der Waals surface area contributed by atoms with Gasteiger partial charge in [-0.15, -0.1) is 0 Å². The van der Waals surface area contributed by atoms with Crippen molar-refractivity contribution in [1.29, 1.82) is 5.26 Å². The Kier molecular flexibility index (Phi) is 4.39. The summed E-state index contributed by atoms with van der Waals surface area (Å²) in [6.45, 7) is 2.13. The second-order valence-electron chi connectivity index (χ2n) is 4.79. The average Bonchev–Trinajstić information content (AvgIpc) is 2.53. The van der Waals surface area contributed by atoms with Gasteiger partial charge in [-0.2, -0.15) is 5.26 Å². The van der Waals surface area contributed by atoms with E-state index in [1.54, 1.807) is 0 Å². The molecule has 2 rings (SSSR count). The molecule has 0 aliphatic carbocycles. The van der Waals surface area contributed by atoms with Gasteiger partial charge in [0.1, 0.15) is 6.07 Å². The molecular formula is C17H19N3. The Labute approximate surface area is 120 Å². The van der Waals surface area contributed by atoms with Crippen molar-refractivity contribution in [2.24, 2.45) is 0 Å². The van der Waals surface area contributed by atoms with Crippen molar-refractivity contribution in [3.63, 3.8) is 0 Å². The lowest BCUT2D eigenvalue weighted by Crippen LogP contribution is -2.13. The van der Waals surface area contributed by atoms with E-state index in [0.717, 1.165) is 11.4 Å². The number of nitrogens with one attached hydrogen (secondary N) is 1. The van der Waals surface area contributed by atoms with Crippen LogP contribution in [0.1, 0.15) is 24.1 Å². The molecule has 0 radical (unpaired) electrons. The van der Waals surface area contributed by atoms with Crippen LogP contribution in [-0.2, 0) is 0 Å². The lowest BCUT2D eigenvalue weighted by Gasteiger charge is -2.21. The first-order chi connectivity index (χ1) is 9.67. The third-order valence-corrected chi connectivity index (χ3v) is 3.60. The Morgan fingerprint density at radius 3 is 2.35 bits per heavy atom. The summed E-state index contributed by atoms with van der Waals surface area (Å²) in [7, 11) is 3.93. The minimum Gasteiger partial charge on any atom is -0.344 e. The molecule has 0 heterocycles. The zero-order valence-electron chi connectivity index (χ0n) is 12.1. The van der Waals surface area contributed by atoms with Crippen LogP contribution >= 0.6 is 0 Å². The molecule has 102 valence electrons. The van der Waals surface area contributed by atoms with Crippen LogP contribution in [0.2, 0.25) is 0 Å². The lowest BCUT2D eigenvalue weighted by molar-refractivity contribution is 0.652. The van der Waals surface area contributed by atoms with Gasteiger partial charge in [0.2, 0.25) is 0 Å². The fourth-order valence-electron chi connectivity index (χ4n) is 2.15. The van der Waals surface area contributed by atoms with Crippen molar-refractivity contribution in [1.82, 2.24) is 5.32 Å². The predicted octanol–water partition coefficient (Wildman–Crippen LogP) is 3.61. The first-order valence-electron chi connectivity index (χ1n) is 6.67. The smallest absolute Gasteiger partial charge is 0.101 e. The van der Waals surface area contributed by atoms with Crippen LogP contribution < -0.4 is 10.2 Å².